The molecule has 0 amide bonds. The van der Waals surface area contributed by atoms with Crippen molar-refractivity contribution in [1.29, 1.82) is 0 Å². The van der Waals surface area contributed by atoms with Crippen LogP contribution in [0.4, 0.5) is 0 Å². The normalized spacial score (nSPS) is 28.4. The van der Waals surface area contributed by atoms with Crippen LogP contribution in [0.15, 0.2) is 34.9 Å². The third-order valence-corrected chi connectivity index (χ3v) is 5.15. The van der Waals surface area contributed by atoms with Gasteiger partial charge in [-0.1, -0.05) is 28.1 Å². The number of nitrogens with zero attached hydrogens (tertiary/aromatic N) is 1. The summed E-state index contributed by atoms with van der Waals surface area (Å²) in [5.74, 6) is 0. The van der Waals surface area contributed by atoms with Gasteiger partial charge in [-0.05, 0) is 37.0 Å². The van der Waals surface area contributed by atoms with Crippen molar-refractivity contribution in [3.05, 3.63) is 40.5 Å². The number of pyridine rings is 1. The molecule has 0 spiro atoms. The van der Waals surface area contributed by atoms with E-state index in [0.29, 0.717) is 18.2 Å². The lowest BCUT2D eigenvalue weighted by molar-refractivity contribution is 0.0973. The highest BCUT2D eigenvalue weighted by atomic mass is 79.9. The van der Waals surface area contributed by atoms with E-state index in [-0.39, 0.29) is 0 Å². The number of fused-ring (bicyclic) bond motifs is 3. The molecule has 1 aromatic heterocycles. The van der Waals surface area contributed by atoms with Crippen LogP contribution < -0.4 is 5.32 Å². The molecular formula is C16H17BrN2O. The molecule has 2 saturated heterocycles. The van der Waals surface area contributed by atoms with Gasteiger partial charge in [0.1, 0.15) is 0 Å². The highest BCUT2D eigenvalue weighted by molar-refractivity contribution is 9.10. The molecule has 2 bridgehead atoms. The van der Waals surface area contributed by atoms with Crippen LogP contribution >= 0.6 is 15.9 Å². The lowest BCUT2D eigenvalue weighted by atomic mass is 9.95. The highest BCUT2D eigenvalue weighted by Crippen LogP contribution is 2.34. The van der Waals surface area contributed by atoms with E-state index in [4.69, 9.17) is 4.74 Å². The summed E-state index contributed by atoms with van der Waals surface area (Å²) in [6, 6.07) is 8.86. The Morgan fingerprint density at radius 3 is 3.05 bits per heavy atom. The van der Waals surface area contributed by atoms with Gasteiger partial charge in [0.05, 0.1) is 17.7 Å². The topological polar surface area (TPSA) is 34.1 Å². The third kappa shape index (κ3) is 2.16. The zero-order valence-corrected chi connectivity index (χ0v) is 12.8. The summed E-state index contributed by atoms with van der Waals surface area (Å²) in [7, 11) is 0. The quantitative estimate of drug-likeness (QED) is 0.935. The van der Waals surface area contributed by atoms with Gasteiger partial charge in [0.2, 0.25) is 0 Å². The first-order chi connectivity index (χ1) is 9.81. The average molecular weight is 333 g/mol. The molecule has 104 valence electrons. The molecule has 3 unspecified atom stereocenters. The first kappa shape index (κ1) is 12.7. The van der Waals surface area contributed by atoms with Gasteiger partial charge in [0.15, 0.2) is 0 Å². The van der Waals surface area contributed by atoms with Crippen molar-refractivity contribution in [1.82, 2.24) is 10.3 Å². The molecule has 3 nitrogen and oxygen atoms in total. The fourth-order valence-corrected chi connectivity index (χ4v) is 3.88. The molecule has 4 rings (SSSR count). The summed E-state index contributed by atoms with van der Waals surface area (Å²) in [5.41, 5.74) is 2.34. The molecular weight excluding hydrogens is 316 g/mol. The van der Waals surface area contributed by atoms with Crippen LogP contribution in [0.3, 0.4) is 0 Å². The zero-order chi connectivity index (χ0) is 13.5. The maximum absolute atomic E-state index is 5.89. The molecule has 1 aromatic carbocycles. The zero-order valence-electron chi connectivity index (χ0n) is 11.2. The van der Waals surface area contributed by atoms with Crippen molar-refractivity contribution < 1.29 is 4.74 Å². The minimum atomic E-state index is 0.426. The van der Waals surface area contributed by atoms with Gasteiger partial charge in [-0.3, -0.25) is 4.98 Å². The van der Waals surface area contributed by atoms with Crippen LogP contribution in [-0.2, 0) is 11.3 Å². The second kappa shape index (κ2) is 5.10. The Balaban J connectivity index is 1.56. The van der Waals surface area contributed by atoms with E-state index >= 15 is 0 Å². The van der Waals surface area contributed by atoms with E-state index in [0.717, 1.165) is 23.0 Å². The number of benzene rings is 1. The molecule has 2 fully saturated rings. The maximum atomic E-state index is 5.89. The summed E-state index contributed by atoms with van der Waals surface area (Å²) >= 11 is 3.59. The van der Waals surface area contributed by atoms with Gasteiger partial charge < -0.3 is 10.1 Å². The van der Waals surface area contributed by atoms with Crippen LogP contribution in [-0.4, -0.2) is 23.2 Å². The summed E-state index contributed by atoms with van der Waals surface area (Å²) in [5, 5.41) is 4.84. The molecule has 2 aliphatic rings. The van der Waals surface area contributed by atoms with Crippen LogP contribution in [0.25, 0.3) is 10.9 Å². The van der Waals surface area contributed by atoms with Crippen LogP contribution in [0.5, 0.6) is 0 Å². The summed E-state index contributed by atoms with van der Waals surface area (Å²) in [4.78, 5) is 4.53. The van der Waals surface area contributed by atoms with Crippen molar-refractivity contribution in [2.75, 3.05) is 0 Å². The summed E-state index contributed by atoms with van der Waals surface area (Å²) in [6.07, 6.45) is 6.39. The first-order valence-electron chi connectivity index (χ1n) is 7.22. The van der Waals surface area contributed by atoms with Crippen molar-refractivity contribution in [2.24, 2.45) is 0 Å². The van der Waals surface area contributed by atoms with Crippen molar-refractivity contribution >= 4 is 26.8 Å². The molecule has 0 radical (unpaired) electrons. The van der Waals surface area contributed by atoms with Crippen LogP contribution in [0, 0.1) is 0 Å². The fourth-order valence-electron chi connectivity index (χ4n) is 3.43. The Kier molecular flexibility index (Phi) is 3.25. The average Bonchev–Trinajstić information content (AvgIpc) is 3.09. The van der Waals surface area contributed by atoms with Crippen molar-refractivity contribution in [2.45, 2.75) is 44.1 Å². The fraction of sp³-hybridized carbons (Fsp3) is 0.438. The second-order valence-corrected chi connectivity index (χ2v) is 6.56. The number of halogens is 1. The molecule has 3 heterocycles. The van der Waals surface area contributed by atoms with E-state index < -0.39 is 0 Å². The highest BCUT2D eigenvalue weighted by Gasteiger charge is 2.40. The lowest BCUT2D eigenvalue weighted by Gasteiger charge is -2.20. The van der Waals surface area contributed by atoms with Crippen molar-refractivity contribution in [3.8, 4) is 0 Å². The Hall–Kier alpha value is -0.970. The predicted molar refractivity (Wildman–Crippen MR) is 82.6 cm³/mol. The smallest absolute Gasteiger partial charge is 0.0758 e. The molecule has 3 atom stereocenters. The van der Waals surface area contributed by atoms with E-state index in [1.165, 1.54) is 23.8 Å². The Bertz CT molecular complexity index is 645. The van der Waals surface area contributed by atoms with E-state index in [1.54, 1.807) is 0 Å². The second-order valence-electron chi connectivity index (χ2n) is 5.70. The molecule has 20 heavy (non-hydrogen) atoms. The lowest BCUT2D eigenvalue weighted by Crippen LogP contribution is -2.37. The van der Waals surface area contributed by atoms with Crippen LogP contribution in [0.1, 0.15) is 24.8 Å². The van der Waals surface area contributed by atoms with Gasteiger partial charge in [0, 0.05) is 28.6 Å². The number of aromatic nitrogens is 1. The van der Waals surface area contributed by atoms with E-state index in [2.05, 4.69) is 44.4 Å². The molecule has 0 aliphatic carbocycles. The minimum Gasteiger partial charge on any atom is -0.373 e. The maximum Gasteiger partial charge on any atom is 0.0758 e. The van der Waals surface area contributed by atoms with Gasteiger partial charge >= 0.3 is 0 Å². The standard InChI is InChI=1S/C16H17BrN2O/c17-13-5-3-10(16-12(13)2-1-7-18-16)9-19-14-8-11-4-6-15(14)20-11/h1-3,5,7,11,14-15,19H,4,6,8-9H2. The number of hydrogen-bond donors (Lipinski definition) is 1. The van der Waals surface area contributed by atoms with Gasteiger partial charge in [-0.2, -0.15) is 0 Å². The third-order valence-electron chi connectivity index (χ3n) is 4.46. The van der Waals surface area contributed by atoms with E-state index in [1.807, 2.05) is 12.3 Å². The monoisotopic (exact) mass is 332 g/mol. The number of hydrogen-bond acceptors (Lipinski definition) is 3. The Labute approximate surface area is 126 Å². The largest absolute Gasteiger partial charge is 0.373 e. The number of nitrogens with one attached hydrogen (secondary N) is 1. The van der Waals surface area contributed by atoms with Crippen LogP contribution in [0.2, 0.25) is 0 Å². The summed E-state index contributed by atoms with van der Waals surface area (Å²) < 4.78 is 7.00. The SMILES string of the molecule is Brc1ccc(CNC2CC3CCC2O3)c2ncccc12. The summed E-state index contributed by atoms with van der Waals surface area (Å²) in [6.45, 7) is 0.859. The number of ether oxygens (including phenoxy) is 1. The van der Waals surface area contributed by atoms with Gasteiger partial charge in [0.25, 0.3) is 0 Å². The Morgan fingerprint density at radius 2 is 2.25 bits per heavy atom. The number of rotatable bonds is 3. The molecule has 4 heteroatoms. The molecule has 2 aliphatic heterocycles. The van der Waals surface area contributed by atoms with E-state index in [9.17, 15) is 0 Å². The van der Waals surface area contributed by atoms with Gasteiger partial charge in [-0.15, -0.1) is 0 Å². The molecule has 0 saturated carbocycles. The minimum absolute atomic E-state index is 0.426. The molecule has 1 N–H and O–H groups in total. The molecule has 2 aromatic rings. The Morgan fingerprint density at radius 1 is 1.30 bits per heavy atom. The predicted octanol–water partition coefficient (Wildman–Crippen LogP) is 3.41. The van der Waals surface area contributed by atoms with Gasteiger partial charge in [-0.25, -0.2) is 0 Å². The van der Waals surface area contributed by atoms with Crippen molar-refractivity contribution in [3.63, 3.8) is 0 Å². The first-order valence-corrected chi connectivity index (χ1v) is 8.01.